The van der Waals surface area contributed by atoms with Crippen molar-refractivity contribution in [2.45, 2.75) is 6.92 Å². The van der Waals surface area contributed by atoms with E-state index in [-0.39, 0.29) is 0 Å². The number of benzene rings is 3. The van der Waals surface area contributed by atoms with Gasteiger partial charge >= 0.3 is 0 Å². The molecule has 0 radical (unpaired) electrons. The molecule has 0 atom stereocenters. The zero-order chi connectivity index (χ0) is 22.6. The van der Waals surface area contributed by atoms with Crippen LogP contribution in [0.15, 0.2) is 97.3 Å². The Morgan fingerprint density at radius 3 is 2.09 bits per heavy atom. The van der Waals surface area contributed by atoms with Crippen LogP contribution in [0.1, 0.15) is 5.69 Å². The Bertz CT molecular complexity index is 1350. The van der Waals surface area contributed by atoms with Crippen LogP contribution in [0.2, 0.25) is 0 Å². The molecule has 7 nitrogen and oxygen atoms in total. The van der Waals surface area contributed by atoms with Crippen LogP contribution in [0.4, 0.5) is 34.4 Å². The number of pyridine rings is 1. The van der Waals surface area contributed by atoms with Crippen molar-refractivity contribution >= 4 is 45.3 Å². The maximum absolute atomic E-state index is 6.51. The van der Waals surface area contributed by atoms with E-state index in [1.807, 2.05) is 103 Å². The van der Waals surface area contributed by atoms with Gasteiger partial charge in [0.25, 0.3) is 0 Å². The van der Waals surface area contributed by atoms with Crippen LogP contribution in [0.25, 0.3) is 10.9 Å². The maximum Gasteiger partial charge on any atom is 0.173 e. The molecule has 2 heterocycles. The lowest BCUT2D eigenvalue weighted by Crippen LogP contribution is -2.26. The summed E-state index contributed by atoms with van der Waals surface area (Å²) in [5.41, 5.74) is 14.9. The molecule has 0 fully saturated rings. The van der Waals surface area contributed by atoms with Gasteiger partial charge in [0.2, 0.25) is 0 Å². The number of hydrogen-bond donors (Lipinski definition) is 3. The molecule has 0 spiro atoms. The van der Waals surface area contributed by atoms with Gasteiger partial charge in [-0.3, -0.25) is 15.4 Å². The van der Waals surface area contributed by atoms with Gasteiger partial charge in [-0.2, -0.15) is 0 Å². The van der Waals surface area contributed by atoms with Gasteiger partial charge in [-0.15, -0.1) is 0 Å². The third kappa shape index (κ3) is 4.24. The van der Waals surface area contributed by atoms with E-state index in [1.54, 1.807) is 0 Å². The van der Waals surface area contributed by atoms with Crippen molar-refractivity contribution in [2.24, 2.45) is 0 Å². The second-order valence-corrected chi connectivity index (χ2v) is 7.55. The number of nitrogens with one attached hydrogen (secondary N) is 2. The smallest absolute Gasteiger partial charge is 0.173 e. The number of nitrogen functional groups attached to an aromatic ring is 1. The van der Waals surface area contributed by atoms with Crippen molar-refractivity contribution < 1.29 is 0 Å². The molecule has 0 bridgehead atoms. The monoisotopic (exact) mass is 433 g/mol. The zero-order valence-electron chi connectivity index (χ0n) is 18.1. The average Bonchev–Trinajstić information content (AvgIpc) is 2.85. The van der Waals surface area contributed by atoms with Crippen molar-refractivity contribution in [1.29, 1.82) is 0 Å². The first-order valence-corrected chi connectivity index (χ1v) is 10.6. The summed E-state index contributed by atoms with van der Waals surface area (Å²) in [6.45, 7) is 1.98. The summed E-state index contributed by atoms with van der Waals surface area (Å²) in [5.74, 6) is 1.01. The van der Waals surface area contributed by atoms with Gasteiger partial charge in [-0.05, 0) is 55.5 Å². The Morgan fingerprint density at radius 2 is 1.39 bits per heavy atom. The molecule has 7 heteroatoms. The quantitative estimate of drug-likeness (QED) is 0.290. The number of fused-ring (bicyclic) bond motifs is 1. The van der Waals surface area contributed by atoms with Crippen LogP contribution in [0, 0.1) is 6.92 Å². The number of aryl methyl sites for hydroxylation is 1. The summed E-state index contributed by atoms with van der Waals surface area (Å²) in [7, 11) is 0. The van der Waals surface area contributed by atoms with E-state index < -0.39 is 0 Å². The Hall–Kier alpha value is -4.65. The molecule has 5 rings (SSSR count). The van der Waals surface area contributed by atoms with E-state index in [4.69, 9.17) is 5.73 Å². The molecule has 0 aliphatic carbocycles. The van der Waals surface area contributed by atoms with E-state index in [1.165, 1.54) is 6.33 Å². The molecule has 0 aliphatic rings. The highest BCUT2D eigenvalue weighted by Gasteiger charge is 2.15. The molecule has 162 valence electrons. The number of rotatable bonds is 6. The highest BCUT2D eigenvalue weighted by molar-refractivity contribution is 5.94. The number of hydrogen-bond acceptors (Lipinski definition) is 7. The minimum Gasteiger partial charge on any atom is -0.393 e. The standard InChI is InChI=1S/C26H23N7/c1-18-15-16-21-22(30-18)13-8-14-23(21)31-25-24(27)26(29-17-28-25)32-33(19-9-4-2-5-10-19)20-11-6-3-7-12-20/h2-17H,27H2,1H3,(H2,28,29,31,32). The van der Waals surface area contributed by atoms with Crippen LogP contribution in [-0.2, 0) is 0 Å². The van der Waals surface area contributed by atoms with Crippen LogP contribution >= 0.6 is 0 Å². The number of hydrazine groups is 1. The first-order valence-electron chi connectivity index (χ1n) is 10.6. The van der Waals surface area contributed by atoms with Crippen molar-refractivity contribution in [3.8, 4) is 0 Å². The number of anilines is 6. The molecular formula is C26H23N7. The Labute approximate surface area is 191 Å². The van der Waals surface area contributed by atoms with E-state index in [2.05, 4.69) is 25.7 Å². The first-order chi connectivity index (χ1) is 16.2. The minimum atomic E-state index is 0.409. The maximum atomic E-state index is 6.51. The number of aromatic nitrogens is 3. The van der Waals surface area contributed by atoms with Crippen LogP contribution in [-0.4, -0.2) is 15.0 Å². The fraction of sp³-hybridized carbons (Fsp3) is 0.0385. The van der Waals surface area contributed by atoms with Gasteiger partial charge < -0.3 is 11.1 Å². The first kappa shape index (κ1) is 20.3. The zero-order valence-corrected chi connectivity index (χ0v) is 18.1. The summed E-state index contributed by atoms with van der Waals surface area (Å²) in [4.78, 5) is 13.4. The molecule has 2 aromatic heterocycles. The largest absolute Gasteiger partial charge is 0.393 e. The van der Waals surface area contributed by atoms with Gasteiger partial charge in [0, 0.05) is 16.8 Å². The van der Waals surface area contributed by atoms with Crippen molar-refractivity contribution in [1.82, 2.24) is 15.0 Å². The highest BCUT2D eigenvalue weighted by atomic mass is 15.5. The molecule has 33 heavy (non-hydrogen) atoms. The van der Waals surface area contributed by atoms with Crippen LogP contribution < -0.4 is 21.5 Å². The van der Waals surface area contributed by atoms with E-state index in [0.29, 0.717) is 17.3 Å². The lowest BCUT2D eigenvalue weighted by atomic mass is 10.1. The third-order valence-corrected chi connectivity index (χ3v) is 5.25. The van der Waals surface area contributed by atoms with Gasteiger partial charge in [0.1, 0.15) is 12.0 Å². The Kier molecular flexibility index (Phi) is 5.43. The lowest BCUT2D eigenvalue weighted by Gasteiger charge is -2.27. The van der Waals surface area contributed by atoms with Crippen molar-refractivity contribution in [2.75, 3.05) is 21.5 Å². The SMILES string of the molecule is Cc1ccc2c(Nc3ncnc(NN(c4ccccc4)c4ccccc4)c3N)cccc2n1. The number of nitrogens with two attached hydrogens (primary N) is 1. The average molecular weight is 434 g/mol. The summed E-state index contributed by atoms with van der Waals surface area (Å²) < 4.78 is 0. The van der Waals surface area contributed by atoms with Crippen molar-refractivity contribution in [3.05, 3.63) is 103 Å². The molecule has 0 saturated carbocycles. The van der Waals surface area contributed by atoms with Gasteiger partial charge in [0.15, 0.2) is 11.6 Å². The highest BCUT2D eigenvalue weighted by Crippen LogP contribution is 2.32. The van der Waals surface area contributed by atoms with Crippen molar-refractivity contribution in [3.63, 3.8) is 0 Å². The molecule has 0 unspecified atom stereocenters. The molecule has 0 amide bonds. The molecule has 4 N–H and O–H groups in total. The van der Waals surface area contributed by atoms with Gasteiger partial charge in [-0.25, -0.2) is 9.97 Å². The predicted octanol–water partition coefficient (Wildman–Crippen LogP) is 5.82. The molecule has 0 saturated heterocycles. The summed E-state index contributed by atoms with van der Waals surface area (Å²) in [6, 6.07) is 29.9. The number of para-hydroxylation sites is 2. The Morgan fingerprint density at radius 1 is 0.727 bits per heavy atom. The predicted molar refractivity (Wildman–Crippen MR) is 135 cm³/mol. The Balaban J connectivity index is 1.50. The van der Waals surface area contributed by atoms with Crippen LogP contribution in [0.5, 0.6) is 0 Å². The molecular weight excluding hydrogens is 410 g/mol. The van der Waals surface area contributed by atoms with Crippen LogP contribution in [0.3, 0.4) is 0 Å². The minimum absolute atomic E-state index is 0.409. The molecule has 5 aromatic rings. The fourth-order valence-electron chi connectivity index (χ4n) is 3.62. The normalized spacial score (nSPS) is 10.7. The van der Waals surface area contributed by atoms with E-state index in [0.717, 1.165) is 33.7 Å². The van der Waals surface area contributed by atoms with E-state index >= 15 is 0 Å². The number of nitrogens with zero attached hydrogens (tertiary/aromatic N) is 4. The molecule has 0 aliphatic heterocycles. The fourth-order valence-corrected chi connectivity index (χ4v) is 3.62. The summed E-state index contributed by atoms with van der Waals surface area (Å²) >= 11 is 0. The summed E-state index contributed by atoms with van der Waals surface area (Å²) in [5, 5.41) is 6.28. The van der Waals surface area contributed by atoms with E-state index in [9.17, 15) is 0 Å². The van der Waals surface area contributed by atoms with Gasteiger partial charge in [-0.1, -0.05) is 42.5 Å². The second kappa shape index (κ2) is 8.84. The molecule has 3 aromatic carbocycles. The topological polar surface area (TPSA) is 92.0 Å². The third-order valence-electron chi connectivity index (χ3n) is 5.25. The lowest BCUT2D eigenvalue weighted by molar-refractivity contribution is 1.09. The second-order valence-electron chi connectivity index (χ2n) is 7.55. The summed E-state index contributed by atoms with van der Waals surface area (Å²) in [6.07, 6.45) is 1.49. The van der Waals surface area contributed by atoms with Gasteiger partial charge in [0.05, 0.1) is 16.9 Å².